The van der Waals surface area contributed by atoms with Crippen LogP contribution in [0.15, 0.2) is 60.7 Å². The Morgan fingerprint density at radius 1 is 1.13 bits per heavy atom. The van der Waals surface area contributed by atoms with Crippen LogP contribution in [-0.4, -0.2) is 58.1 Å². The molecule has 3 atom stereocenters. The summed E-state index contributed by atoms with van der Waals surface area (Å²) in [7, 11) is -2.10. The highest BCUT2D eigenvalue weighted by Crippen LogP contribution is 2.39. The highest BCUT2D eigenvalue weighted by Gasteiger charge is 2.43. The first-order valence-corrected chi connectivity index (χ1v) is 14.6. The van der Waals surface area contributed by atoms with Gasteiger partial charge in [0.05, 0.1) is 24.8 Å². The number of para-hydroxylation sites is 1. The molecule has 2 aromatic rings. The summed E-state index contributed by atoms with van der Waals surface area (Å²) in [5.41, 5.74) is 1.05. The van der Waals surface area contributed by atoms with Gasteiger partial charge in [-0.25, -0.2) is 17.9 Å². The lowest BCUT2D eigenvalue weighted by Crippen LogP contribution is -2.40. The van der Waals surface area contributed by atoms with Crippen molar-refractivity contribution in [2.24, 2.45) is 5.41 Å². The molecule has 10 heteroatoms. The maximum absolute atomic E-state index is 12.9. The van der Waals surface area contributed by atoms with Crippen molar-refractivity contribution >= 4 is 22.1 Å². The van der Waals surface area contributed by atoms with Crippen molar-refractivity contribution in [3.05, 3.63) is 66.2 Å². The highest BCUT2D eigenvalue weighted by atomic mass is 32.2. The Morgan fingerprint density at radius 2 is 1.85 bits per heavy atom. The minimum Gasteiger partial charge on any atom is -0.491 e. The van der Waals surface area contributed by atoms with E-state index in [9.17, 15) is 18.0 Å². The number of amides is 1. The van der Waals surface area contributed by atoms with Crippen LogP contribution in [0, 0.1) is 5.41 Å². The van der Waals surface area contributed by atoms with E-state index in [2.05, 4.69) is 10.0 Å². The molecule has 1 aliphatic carbocycles. The maximum atomic E-state index is 12.9. The molecule has 212 valence electrons. The van der Waals surface area contributed by atoms with Crippen LogP contribution in [0.5, 0.6) is 5.75 Å². The molecule has 1 amide bonds. The molecule has 1 aliphatic rings. The van der Waals surface area contributed by atoms with Gasteiger partial charge < -0.3 is 19.5 Å². The fourth-order valence-corrected chi connectivity index (χ4v) is 5.26. The summed E-state index contributed by atoms with van der Waals surface area (Å²) < 4.78 is 42.5. The lowest BCUT2D eigenvalue weighted by Gasteiger charge is -2.26. The standard InChI is InChI=1S/C29H38N2O7S/c1-20(30-27(33)38-28(2,3)4)19-37-25-13-8-7-12-24(25)22-11-9-10-21(16-22)17-29(26(32)36-5)15-14-23(18-29)31-39(6,34)35/h7-16,20,23,31H,17-19H2,1-6H3,(H,30,33)/t20-,23+,29-/m1/s1. The van der Waals surface area contributed by atoms with Crippen LogP contribution in [0.1, 0.15) is 39.7 Å². The van der Waals surface area contributed by atoms with Gasteiger partial charge in [-0.15, -0.1) is 0 Å². The number of esters is 1. The van der Waals surface area contributed by atoms with E-state index < -0.39 is 39.1 Å². The number of benzene rings is 2. The highest BCUT2D eigenvalue weighted by molar-refractivity contribution is 7.88. The second-order valence-corrected chi connectivity index (χ2v) is 12.7. The van der Waals surface area contributed by atoms with Crippen molar-refractivity contribution < 1.29 is 32.2 Å². The largest absolute Gasteiger partial charge is 0.491 e. The van der Waals surface area contributed by atoms with Crippen LogP contribution in [0.2, 0.25) is 0 Å². The minimum atomic E-state index is -3.43. The summed E-state index contributed by atoms with van der Waals surface area (Å²) in [6.07, 6.45) is 4.64. The van der Waals surface area contributed by atoms with Crippen LogP contribution in [-0.2, 0) is 30.7 Å². The number of hydrogen-bond donors (Lipinski definition) is 2. The average molecular weight is 559 g/mol. The zero-order valence-corrected chi connectivity index (χ0v) is 24.1. The van der Waals surface area contributed by atoms with Crippen LogP contribution in [0.3, 0.4) is 0 Å². The summed E-state index contributed by atoms with van der Waals surface area (Å²) in [6, 6.07) is 14.6. The smallest absolute Gasteiger partial charge is 0.407 e. The monoisotopic (exact) mass is 558 g/mol. The molecule has 2 aromatic carbocycles. The number of ether oxygens (including phenoxy) is 3. The number of carbonyl (C=O) groups excluding carboxylic acids is 2. The number of hydrogen-bond acceptors (Lipinski definition) is 7. The number of nitrogens with one attached hydrogen (secondary N) is 2. The Hall–Kier alpha value is -3.37. The topological polar surface area (TPSA) is 120 Å². The minimum absolute atomic E-state index is 0.237. The van der Waals surface area contributed by atoms with E-state index in [4.69, 9.17) is 14.2 Å². The third-order valence-electron chi connectivity index (χ3n) is 6.09. The van der Waals surface area contributed by atoms with Gasteiger partial charge in [-0.05, 0) is 57.7 Å². The fourth-order valence-electron chi connectivity index (χ4n) is 4.55. The Labute approximate surface area is 231 Å². The van der Waals surface area contributed by atoms with Gasteiger partial charge in [-0.2, -0.15) is 0 Å². The molecule has 0 saturated heterocycles. The zero-order valence-electron chi connectivity index (χ0n) is 23.3. The van der Waals surface area contributed by atoms with E-state index in [-0.39, 0.29) is 19.1 Å². The van der Waals surface area contributed by atoms with Gasteiger partial charge in [0.2, 0.25) is 10.0 Å². The summed E-state index contributed by atoms with van der Waals surface area (Å²) in [6.45, 7) is 7.48. The molecule has 0 aliphatic heterocycles. The van der Waals surface area contributed by atoms with Gasteiger partial charge in [0.25, 0.3) is 0 Å². The first-order valence-electron chi connectivity index (χ1n) is 12.8. The van der Waals surface area contributed by atoms with Crippen molar-refractivity contribution in [3.8, 4) is 16.9 Å². The molecule has 39 heavy (non-hydrogen) atoms. The molecule has 0 aromatic heterocycles. The molecule has 0 heterocycles. The van der Waals surface area contributed by atoms with Crippen molar-refractivity contribution in [3.63, 3.8) is 0 Å². The lowest BCUT2D eigenvalue weighted by atomic mass is 9.80. The Morgan fingerprint density at radius 3 is 2.51 bits per heavy atom. The number of sulfonamides is 1. The Kier molecular flexibility index (Phi) is 9.45. The predicted molar refractivity (Wildman–Crippen MR) is 150 cm³/mol. The van der Waals surface area contributed by atoms with Crippen molar-refractivity contribution in [2.45, 2.75) is 58.2 Å². The van der Waals surface area contributed by atoms with Crippen LogP contribution < -0.4 is 14.8 Å². The second kappa shape index (κ2) is 12.2. The Bertz CT molecular complexity index is 1320. The lowest BCUT2D eigenvalue weighted by molar-refractivity contribution is -0.149. The first-order chi connectivity index (χ1) is 18.2. The summed E-state index contributed by atoms with van der Waals surface area (Å²) >= 11 is 0. The molecular formula is C29H38N2O7S. The molecule has 0 saturated carbocycles. The molecule has 0 unspecified atom stereocenters. The molecule has 0 fully saturated rings. The normalized spacial score (nSPS) is 19.8. The number of methoxy groups -OCH3 is 1. The summed E-state index contributed by atoms with van der Waals surface area (Å²) in [5, 5.41) is 2.77. The SMILES string of the molecule is COC(=O)[C@@]1(Cc2cccc(-c3ccccc3OC[C@@H](C)NC(=O)OC(C)(C)C)c2)C=C[C@H](NS(C)(=O)=O)C1. The number of alkyl carbamates (subject to hydrolysis) is 1. The van der Waals surface area contributed by atoms with E-state index >= 15 is 0 Å². The first kappa shape index (κ1) is 30.2. The quantitative estimate of drug-likeness (QED) is 0.331. The third kappa shape index (κ3) is 8.83. The van der Waals surface area contributed by atoms with E-state index in [0.717, 1.165) is 22.9 Å². The molecule has 0 spiro atoms. The second-order valence-electron chi connectivity index (χ2n) is 10.9. The molecular weight excluding hydrogens is 520 g/mol. The molecule has 0 radical (unpaired) electrons. The molecule has 3 rings (SSSR count). The van der Waals surface area contributed by atoms with Gasteiger partial charge in [-0.1, -0.05) is 54.6 Å². The van der Waals surface area contributed by atoms with E-state index in [1.54, 1.807) is 32.9 Å². The van der Waals surface area contributed by atoms with E-state index in [0.29, 0.717) is 12.2 Å². The van der Waals surface area contributed by atoms with Crippen LogP contribution >= 0.6 is 0 Å². The molecule has 2 N–H and O–H groups in total. The van der Waals surface area contributed by atoms with Gasteiger partial charge in [0, 0.05) is 11.6 Å². The van der Waals surface area contributed by atoms with Crippen LogP contribution in [0.4, 0.5) is 4.79 Å². The molecule has 9 nitrogen and oxygen atoms in total. The Balaban J connectivity index is 1.76. The summed E-state index contributed by atoms with van der Waals surface area (Å²) in [5.74, 6) is 0.227. The number of carbonyl (C=O) groups is 2. The van der Waals surface area contributed by atoms with Crippen molar-refractivity contribution in [2.75, 3.05) is 20.0 Å². The van der Waals surface area contributed by atoms with E-state index in [1.807, 2.05) is 55.5 Å². The van der Waals surface area contributed by atoms with Gasteiger partial charge in [0.1, 0.15) is 18.0 Å². The number of rotatable bonds is 10. The zero-order chi connectivity index (χ0) is 28.8. The van der Waals surface area contributed by atoms with Crippen molar-refractivity contribution in [1.29, 1.82) is 0 Å². The third-order valence-corrected chi connectivity index (χ3v) is 6.82. The predicted octanol–water partition coefficient (Wildman–Crippen LogP) is 4.23. The maximum Gasteiger partial charge on any atom is 0.407 e. The van der Waals surface area contributed by atoms with Crippen molar-refractivity contribution in [1.82, 2.24) is 10.0 Å². The van der Waals surface area contributed by atoms with Gasteiger partial charge >= 0.3 is 12.1 Å². The van der Waals surface area contributed by atoms with Crippen LogP contribution in [0.25, 0.3) is 11.1 Å². The van der Waals surface area contributed by atoms with E-state index in [1.165, 1.54) is 7.11 Å². The summed E-state index contributed by atoms with van der Waals surface area (Å²) in [4.78, 5) is 24.9. The van der Waals surface area contributed by atoms with Gasteiger partial charge in [-0.3, -0.25) is 4.79 Å². The average Bonchev–Trinajstić information content (AvgIpc) is 3.23. The van der Waals surface area contributed by atoms with Gasteiger partial charge in [0.15, 0.2) is 0 Å². The fraction of sp³-hybridized carbons (Fsp3) is 0.448. The molecule has 0 bridgehead atoms.